The van der Waals surface area contributed by atoms with Gasteiger partial charge in [0, 0.05) is 6.54 Å². The minimum atomic E-state index is 0.686. The molecule has 1 heterocycles. The van der Waals surface area contributed by atoms with Crippen LogP contribution in [0.1, 0.15) is 33.0 Å². The second kappa shape index (κ2) is 5.70. The molecule has 0 aliphatic carbocycles. The van der Waals surface area contributed by atoms with E-state index in [2.05, 4.69) is 41.6 Å². The molecule has 0 bridgehead atoms. The van der Waals surface area contributed by atoms with Gasteiger partial charge in [-0.1, -0.05) is 20.8 Å². The van der Waals surface area contributed by atoms with E-state index in [1.165, 1.54) is 0 Å². The van der Waals surface area contributed by atoms with E-state index < -0.39 is 0 Å². The highest BCUT2D eigenvalue weighted by molar-refractivity contribution is 4.79. The van der Waals surface area contributed by atoms with E-state index in [9.17, 15) is 0 Å². The predicted octanol–water partition coefficient (Wildman–Crippen LogP) is 0.829. The minimum absolute atomic E-state index is 0.686. The summed E-state index contributed by atoms with van der Waals surface area (Å²) >= 11 is 0. The summed E-state index contributed by atoms with van der Waals surface area (Å²) in [5.41, 5.74) is 0. The van der Waals surface area contributed by atoms with Crippen LogP contribution in [0.15, 0.2) is 0 Å². The molecular formula is C9H19N5. The van der Waals surface area contributed by atoms with E-state index in [1.54, 1.807) is 0 Å². The van der Waals surface area contributed by atoms with Gasteiger partial charge in [0.2, 0.25) is 0 Å². The molecule has 5 heteroatoms. The highest BCUT2D eigenvalue weighted by atomic mass is 15.5. The van der Waals surface area contributed by atoms with Gasteiger partial charge in [0.15, 0.2) is 5.82 Å². The second-order valence-corrected chi connectivity index (χ2v) is 3.78. The molecule has 14 heavy (non-hydrogen) atoms. The molecule has 1 aromatic rings. The molecule has 0 radical (unpaired) electrons. The van der Waals surface area contributed by atoms with Gasteiger partial charge in [-0.15, -0.1) is 5.10 Å². The molecular weight excluding hydrogens is 178 g/mol. The summed E-state index contributed by atoms with van der Waals surface area (Å²) in [7, 11) is 0. The summed E-state index contributed by atoms with van der Waals surface area (Å²) in [5.74, 6) is 1.61. The standard InChI is InChI=1S/C9H19N5/c1-4-10-7-9-11-12-13-14(9)6-5-8(2)3/h8,10H,4-7H2,1-3H3. The van der Waals surface area contributed by atoms with Crippen molar-refractivity contribution in [2.45, 2.75) is 40.3 Å². The van der Waals surface area contributed by atoms with Crippen molar-refractivity contribution in [2.24, 2.45) is 5.92 Å². The van der Waals surface area contributed by atoms with Gasteiger partial charge in [0.1, 0.15) is 0 Å². The number of nitrogens with one attached hydrogen (secondary N) is 1. The van der Waals surface area contributed by atoms with Crippen molar-refractivity contribution in [1.29, 1.82) is 0 Å². The van der Waals surface area contributed by atoms with E-state index in [4.69, 9.17) is 0 Å². The Morgan fingerprint density at radius 3 is 2.86 bits per heavy atom. The van der Waals surface area contributed by atoms with Crippen LogP contribution in [0.4, 0.5) is 0 Å². The normalized spacial score (nSPS) is 11.1. The largest absolute Gasteiger partial charge is 0.310 e. The van der Waals surface area contributed by atoms with E-state index in [-0.39, 0.29) is 0 Å². The van der Waals surface area contributed by atoms with Crippen LogP contribution < -0.4 is 5.32 Å². The Balaban J connectivity index is 2.45. The summed E-state index contributed by atoms with van der Waals surface area (Å²) in [5, 5.41) is 14.8. The zero-order valence-electron chi connectivity index (χ0n) is 9.19. The van der Waals surface area contributed by atoms with Gasteiger partial charge in [-0.2, -0.15) is 0 Å². The molecule has 1 aromatic heterocycles. The monoisotopic (exact) mass is 197 g/mol. The number of tetrazole rings is 1. The lowest BCUT2D eigenvalue weighted by Crippen LogP contribution is -2.17. The highest BCUT2D eigenvalue weighted by Gasteiger charge is 2.05. The topological polar surface area (TPSA) is 55.6 Å². The van der Waals surface area contributed by atoms with Crippen molar-refractivity contribution in [3.8, 4) is 0 Å². The quantitative estimate of drug-likeness (QED) is 0.734. The molecule has 1 N–H and O–H groups in total. The molecule has 0 atom stereocenters. The number of rotatable bonds is 6. The van der Waals surface area contributed by atoms with Crippen LogP contribution in [0, 0.1) is 5.92 Å². The first-order valence-electron chi connectivity index (χ1n) is 5.19. The van der Waals surface area contributed by atoms with Crippen LogP contribution in [0.5, 0.6) is 0 Å². The van der Waals surface area contributed by atoms with Crippen molar-refractivity contribution < 1.29 is 0 Å². The molecule has 0 aromatic carbocycles. The molecule has 1 rings (SSSR count). The van der Waals surface area contributed by atoms with Crippen LogP contribution in [-0.4, -0.2) is 26.8 Å². The predicted molar refractivity (Wildman–Crippen MR) is 54.7 cm³/mol. The van der Waals surface area contributed by atoms with Crippen LogP contribution in [0.2, 0.25) is 0 Å². The van der Waals surface area contributed by atoms with Gasteiger partial charge in [-0.25, -0.2) is 4.68 Å². The summed E-state index contributed by atoms with van der Waals surface area (Å²) < 4.78 is 1.88. The fourth-order valence-corrected chi connectivity index (χ4v) is 1.14. The molecule has 0 aliphatic heterocycles. The van der Waals surface area contributed by atoms with Crippen molar-refractivity contribution in [3.63, 3.8) is 0 Å². The smallest absolute Gasteiger partial charge is 0.165 e. The summed E-state index contributed by atoms with van der Waals surface area (Å²) in [6, 6.07) is 0. The zero-order chi connectivity index (χ0) is 10.4. The van der Waals surface area contributed by atoms with Crippen LogP contribution in [0.25, 0.3) is 0 Å². The first-order valence-corrected chi connectivity index (χ1v) is 5.19. The molecule has 80 valence electrons. The molecule has 0 unspecified atom stereocenters. The lowest BCUT2D eigenvalue weighted by Gasteiger charge is -2.06. The van der Waals surface area contributed by atoms with Gasteiger partial charge < -0.3 is 5.32 Å². The average Bonchev–Trinajstić information content (AvgIpc) is 2.58. The fraction of sp³-hybridized carbons (Fsp3) is 0.889. The van der Waals surface area contributed by atoms with Gasteiger partial charge in [-0.05, 0) is 29.3 Å². The molecule has 0 saturated carbocycles. The van der Waals surface area contributed by atoms with E-state index in [1.807, 2.05) is 4.68 Å². The first-order chi connectivity index (χ1) is 6.74. The third kappa shape index (κ3) is 3.41. The summed E-state index contributed by atoms with van der Waals surface area (Å²) in [6.45, 7) is 9.08. The highest BCUT2D eigenvalue weighted by Crippen LogP contribution is 2.02. The van der Waals surface area contributed by atoms with Crippen LogP contribution >= 0.6 is 0 Å². The average molecular weight is 197 g/mol. The molecule has 0 saturated heterocycles. The molecule has 0 fully saturated rings. The van der Waals surface area contributed by atoms with Gasteiger partial charge in [0.05, 0.1) is 6.54 Å². The Bertz CT molecular complexity index is 255. The minimum Gasteiger partial charge on any atom is -0.310 e. The number of hydrogen-bond acceptors (Lipinski definition) is 4. The maximum Gasteiger partial charge on any atom is 0.165 e. The van der Waals surface area contributed by atoms with Crippen LogP contribution in [0.3, 0.4) is 0 Å². The SMILES string of the molecule is CCNCc1nnnn1CCC(C)C. The van der Waals surface area contributed by atoms with E-state index >= 15 is 0 Å². The van der Waals surface area contributed by atoms with E-state index in [0.29, 0.717) is 5.92 Å². The third-order valence-corrected chi connectivity index (χ3v) is 2.06. The Labute approximate surface area is 84.9 Å². The number of aromatic nitrogens is 4. The molecule has 0 amide bonds. The summed E-state index contributed by atoms with van der Waals surface area (Å²) in [4.78, 5) is 0. The van der Waals surface area contributed by atoms with Gasteiger partial charge in [-0.3, -0.25) is 0 Å². The maximum absolute atomic E-state index is 3.97. The first kappa shape index (κ1) is 11.1. The Morgan fingerprint density at radius 1 is 1.43 bits per heavy atom. The zero-order valence-corrected chi connectivity index (χ0v) is 9.19. The Kier molecular flexibility index (Phi) is 4.52. The second-order valence-electron chi connectivity index (χ2n) is 3.78. The van der Waals surface area contributed by atoms with E-state index in [0.717, 1.165) is 31.9 Å². The van der Waals surface area contributed by atoms with Crippen LogP contribution in [-0.2, 0) is 13.1 Å². The number of hydrogen-bond donors (Lipinski definition) is 1. The van der Waals surface area contributed by atoms with Crippen molar-refractivity contribution in [1.82, 2.24) is 25.5 Å². The lowest BCUT2D eigenvalue weighted by molar-refractivity contribution is 0.461. The maximum atomic E-state index is 3.97. The molecule has 0 aliphatic rings. The molecule has 0 spiro atoms. The third-order valence-electron chi connectivity index (χ3n) is 2.06. The number of aryl methyl sites for hydroxylation is 1. The Morgan fingerprint density at radius 2 is 2.21 bits per heavy atom. The number of nitrogens with zero attached hydrogens (tertiary/aromatic N) is 4. The molecule has 5 nitrogen and oxygen atoms in total. The van der Waals surface area contributed by atoms with Crippen molar-refractivity contribution in [2.75, 3.05) is 6.54 Å². The van der Waals surface area contributed by atoms with Crippen molar-refractivity contribution in [3.05, 3.63) is 5.82 Å². The van der Waals surface area contributed by atoms with Crippen molar-refractivity contribution >= 4 is 0 Å². The van der Waals surface area contributed by atoms with Gasteiger partial charge >= 0.3 is 0 Å². The fourth-order valence-electron chi connectivity index (χ4n) is 1.14. The summed E-state index contributed by atoms with van der Waals surface area (Å²) in [6.07, 6.45) is 1.12. The lowest BCUT2D eigenvalue weighted by atomic mass is 10.1. The Hall–Kier alpha value is -0.970. The van der Waals surface area contributed by atoms with Gasteiger partial charge in [0.25, 0.3) is 0 Å².